The number of nitrogens with one attached hydrogen (secondary N) is 1. The summed E-state index contributed by atoms with van der Waals surface area (Å²) in [6.07, 6.45) is 2.12. The van der Waals surface area contributed by atoms with E-state index < -0.39 is 0 Å². The molecule has 0 saturated heterocycles. The third-order valence-corrected chi connectivity index (χ3v) is 4.93. The van der Waals surface area contributed by atoms with Crippen molar-refractivity contribution in [2.24, 2.45) is 0 Å². The van der Waals surface area contributed by atoms with Crippen LogP contribution in [0.3, 0.4) is 0 Å². The molecular formula is C20H15Cl2NO2. The fourth-order valence-electron chi connectivity index (χ4n) is 3.28. The van der Waals surface area contributed by atoms with E-state index in [0.29, 0.717) is 15.8 Å². The molecule has 0 radical (unpaired) electrons. The van der Waals surface area contributed by atoms with Gasteiger partial charge < -0.3 is 10.1 Å². The molecule has 5 heteroatoms. The lowest BCUT2D eigenvalue weighted by molar-refractivity contribution is -0.118. The average Bonchev–Trinajstić information content (AvgIpc) is 3.01. The van der Waals surface area contributed by atoms with E-state index in [1.165, 1.54) is 16.5 Å². The van der Waals surface area contributed by atoms with Gasteiger partial charge in [-0.25, -0.2) is 0 Å². The van der Waals surface area contributed by atoms with Crippen molar-refractivity contribution in [1.29, 1.82) is 0 Å². The van der Waals surface area contributed by atoms with Gasteiger partial charge in [0.2, 0.25) is 0 Å². The van der Waals surface area contributed by atoms with E-state index >= 15 is 0 Å². The standard InChI is InChI=1S/C20H15Cl2NO2/c21-14-7-9-18(16(22)10-14)25-11-19(24)23-17-8-6-13-5-4-12-2-1-3-15(17)20(12)13/h1-3,6-10H,4-5,11H2,(H,23,24). The van der Waals surface area contributed by atoms with Crippen molar-refractivity contribution in [3.63, 3.8) is 0 Å². The third kappa shape index (κ3) is 3.17. The first-order chi connectivity index (χ1) is 12.1. The van der Waals surface area contributed by atoms with Gasteiger partial charge in [-0.1, -0.05) is 47.5 Å². The van der Waals surface area contributed by atoms with Crippen LogP contribution in [0.25, 0.3) is 10.8 Å². The van der Waals surface area contributed by atoms with Crippen LogP contribution in [0, 0.1) is 0 Å². The van der Waals surface area contributed by atoms with E-state index in [4.69, 9.17) is 27.9 Å². The summed E-state index contributed by atoms with van der Waals surface area (Å²) in [7, 11) is 0. The number of benzene rings is 3. The Morgan fingerprint density at radius 2 is 1.84 bits per heavy atom. The Balaban J connectivity index is 1.51. The number of aryl methyl sites for hydroxylation is 2. The Morgan fingerprint density at radius 3 is 2.64 bits per heavy atom. The number of hydrogen-bond donors (Lipinski definition) is 1. The minimum absolute atomic E-state index is 0.121. The molecule has 1 aliphatic rings. The normalized spacial score (nSPS) is 12.4. The average molecular weight is 372 g/mol. The number of amides is 1. The molecule has 3 nitrogen and oxygen atoms in total. The Kier molecular flexibility index (Phi) is 4.28. The number of ether oxygens (including phenoxy) is 1. The monoisotopic (exact) mass is 371 g/mol. The van der Waals surface area contributed by atoms with Crippen molar-refractivity contribution in [3.8, 4) is 5.75 Å². The van der Waals surface area contributed by atoms with Crippen LogP contribution in [-0.2, 0) is 17.6 Å². The lowest BCUT2D eigenvalue weighted by Crippen LogP contribution is -2.20. The maximum absolute atomic E-state index is 12.3. The highest BCUT2D eigenvalue weighted by Crippen LogP contribution is 2.35. The summed E-state index contributed by atoms with van der Waals surface area (Å²) in [5, 5.41) is 6.18. The van der Waals surface area contributed by atoms with Gasteiger partial charge in [0.15, 0.2) is 6.61 Å². The van der Waals surface area contributed by atoms with Crippen LogP contribution in [0.2, 0.25) is 10.0 Å². The smallest absolute Gasteiger partial charge is 0.262 e. The van der Waals surface area contributed by atoms with E-state index in [1.54, 1.807) is 18.2 Å². The summed E-state index contributed by atoms with van der Waals surface area (Å²) in [5.41, 5.74) is 3.49. The SMILES string of the molecule is O=C(COc1ccc(Cl)cc1Cl)Nc1ccc2c3c(cccc13)CC2. The molecule has 1 aliphatic carbocycles. The van der Waals surface area contributed by atoms with Gasteiger partial charge in [-0.05, 0) is 53.6 Å². The molecular weight excluding hydrogens is 357 g/mol. The second kappa shape index (κ2) is 6.58. The third-order valence-electron chi connectivity index (χ3n) is 4.40. The highest BCUT2D eigenvalue weighted by molar-refractivity contribution is 6.35. The number of hydrogen-bond acceptors (Lipinski definition) is 2. The molecule has 3 aromatic rings. The zero-order valence-corrected chi connectivity index (χ0v) is 14.8. The number of anilines is 1. The van der Waals surface area contributed by atoms with Crippen molar-refractivity contribution >= 4 is 45.6 Å². The minimum Gasteiger partial charge on any atom is -0.482 e. The summed E-state index contributed by atoms with van der Waals surface area (Å²) < 4.78 is 5.50. The fourth-order valence-corrected chi connectivity index (χ4v) is 3.74. The van der Waals surface area contributed by atoms with Gasteiger partial charge in [0, 0.05) is 16.1 Å². The maximum Gasteiger partial charge on any atom is 0.262 e. The van der Waals surface area contributed by atoms with E-state index in [0.717, 1.165) is 23.9 Å². The van der Waals surface area contributed by atoms with Gasteiger partial charge in [-0.15, -0.1) is 0 Å². The molecule has 0 aromatic heterocycles. The summed E-state index contributed by atoms with van der Waals surface area (Å²) in [5.74, 6) is 0.200. The first-order valence-corrected chi connectivity index (χ1v) is 8.78. The zero-order chi connectivity index (χ0) is 17.4. The lowest BCUT2D eigenvalue weighted by atomic mass is 10.0. The molecule has 1 N–H and O–H groups in total. The van der Waals surface area contributed by atoms with Crippen LogP contribution >= 0.6 is 23.2 Å². The second-order valence-electron chi connectivity index (χ2n) is 6.02. The van der Waals surface area contributed by atoms with Crippen LogP contribution in [0.5, 0.6) is 5.75 Å². The van der Waals surface area contributed by atoms with E-state index in [9.17, 15) is 4.79 Å². The quantitative estimate of drug-likeness (QED) is 0.678. The summed E-state index contributed by atoms with van der Waals surface area (Å²) in [6.45, 7) is -0.121. The van der Waals surface area contributed by atoms with Gasteiger partial charge in [0.05, 0.1) is 5.02 Å². The van der Waals surface area contributed by atoms with Gasteiger partial charge in [0.1, 0.15) is 5.75 Å². The first kappa shape index (κ1) is 16.2. The Hall–Kier alpha value is -2.23. The molecule has 0 unspecified atom stereocenters. The van der Waals surface area contributed by atoms with Gasteiger partial charge in [0.25, 0.3) is 5.91 Å². The van der Waals surface area contributed by atoms with Gasteiger partial charge in [-0.2, -0.15) is 0 Å². The largest absolute Gasteiger partial charge is 0.482 e. The number of carbonyl (C=O) groups excluding carboxylic acids is 1. The van der Waals surface area contributed by atoms with Crippen molar-refractivity contribution in [2.45, 2.75) is 12.8 Å². The van der Waals surface area contributed by atoms with Crippen molar-refractivity contribution < 1.29 is 9.53 Å². The van der Waals surface area contributed by atoms with E-state index in [1.807, 2.05) is 18.2 Å². The molecule has 3 aromatic carbocycles. The molecule has 0 atom stereocenters. The van der Waals surface area contributed by atoms with Crippen LogP contribution < -0.4 is 10.1 Å². The maximum atomic E-state index is 12.3. The Labute approximate surface area is 155 Å². The summed E-state index contributed by atoms with van der Waals surface area (Å²) in [6, 6.07) is 15.2. The Morgan fingerprint density at radius 1 is 1.04 bits per heavy atom. The van der Waals surface area contributed by atoms with Crippen LogP contribution in [0.4, 0.5) is 5.69 Å². The summed E-state index contributed by atoms with van der Waals surface area (Å²) >= 11 is 11.9. The highest BCUT2D eigenvalue weighted by atomic mass is 35.5. The molecule has 1 amide bonds. The number of halogens is 2. The second-order valence-corrected chi connectivity index (χ2v) is 6.87. The Bertz CT molecular complexity index is 975. The summed E-state index contributed by atoms with van der Waals surface area (Å²) in [4.78, 5) is 12.3. The molecule has 25 heavy (non-hydrogen) atoms. The van der Waals surface area contributed by atoms with Crippen molar-refractivity contribution in [3.05, 3.63) is 69.7 Å². The molecule has 0 fully saturated rings. The van der Waals surface area contributed by atoms with Crippen molar-refractivity contribution in [1.82, 2.24) is 0 Å². The van der Waals surface area contributed by atoms with Gasteiger partial charge in [-0.3, -0.25) is 4.79 Å². The molecule has 0 aliphatic heterocycles. The van der Waals surface area contributed by atoms with Gasteiger partial charge >= 0.3 is 0 Å². The molecule has 126 valence electrons. The first-order valence-electron chi connectivity index (χ1n) is 8.03. The highest BCUT2D eigenvalue weighted by Gasteiger charge is 2.16. The van der Waals surface area contributed by atoms with E-state index in [2.05, 4.69) is 17.4 Å². The topological polar surface area (TPSA) is 38.3 Å². The zero-order valence-electron chi connectivity index (χ0n) is 13.3. The van der Waals surface area contributed by atoms with Crippen LogP contribution in [-0.4, -0.2) is 12.5 Å². The molecule has 0 spiro atoms. The van der Waals surface area contributed by atoms with Crippen molar-refractivity contribution in [2.75, 3.05) is 11.9 Å². The predicted molar refractivity (Wildman–Crippen MR) is 102 cm³/mol. The number of carbonyl (C=O) groups is 1. The fraction of sp³-hybridized carbons (Fsp3) is 0.150. The van der Waals surface area contributed by atoms with Crippen LogP contribution in [0.1, 0.15) is 11.1 Å². The molecule has 0 heterocycles. The molecule has 0 bridgehead atoms. The minimum atomic E-state index is -0.232. The van der Waals surface area contributed by atoms with Crippen LogP contribution in [0.15, 0.2) is 48.5 Å². The number of rotatable bonds is 4. The predicted octanol–water partition coefficient (Wildman–Crippen LogP) is 5.26. The van der Waals surface area contributed by atoms with E-state index in [-0.39, 0.29) is 12.5 Å². The molecule has 4 rings (SSSR count). The lowest BCUT2D eigenvalue weighted by Gasteiger charge is -2.12. The molecule has 0 saturated carbocycles.